The van der Waals surface area contributed by atoms with E-state index in [1.165, 1.54) is 42.0 Å². The van der Waals surface area contributed by atoms with Crippen LogP contribution in [0.25, 0.3) is 21.9 Å². The van der Waals surface area contributed by atoms with Gasteiger partial charge in [-0.3, -0.25) is 24.6 Å². The van der Waals surface area contributed by atoms with Crippen molar-refractivity contribution in [2.45, 2.75) is 63.1 Å². The Morgan fingerprint density at radius 1 is 0.909 bits per heavy atom. The van der Waals surface area contributed by atoms with Crippen molar-refractivity contribution in [3.05, 3.63) is 93.7 Å². The van der Waals surface area contributed by atoms with Crippen molar-refractivity contribution in [2.75, 3.05) is 45.7 Å². The summed E-state index contributed by atoms with van der Waals surface area (Å²) in [5.74, 6) is -1.74. The third-order valence-corrected chi connectivity index (χ3v) is 11.4. The molecule has 3 saturated heterocycles. The van der Waals surface area contributed by atoms with E-state index in [4.69, 9.17) is 4.74 Å². The van der Waals surface area contributed by atoms with E-state index in [0.29, 0.717) is 109 Å². The van der Waals surface area contributed by atoms with Crippen LogP contribution in [0.4, 0.5) is 23.7 Å². The highest BCUT2D eigenvalue weighted by Gasteiger charge is 2.32. The van der Waals surface area contributed by atoms with Gasteiger partial charge in [-0.2, -0.15) is 0 Å². The third kappa shape index (κ3) is 7.91. The fourth-order valence-electron chi connectivity index (χ4n) is 8.20. The van der Waals surface area contributed by atoms with E-state index in [-0.39, 0.29) is 41.7 Å². The highest BCUT2D eigenvalue weighted by atomic mass is 19.1. The van der Waals surface area contributed by atoms with Gasteiger partial charge in [0.1, 0.15) is 29.2 Å². The number of urea groups is 1. The number of hydrogen-bond donors (Lipinski definition) is 2. The zero-order valence-corrected chi connectivity index (χ0v) is 31.2. The topological polar surface area (TPSA) is 116 Å². The van der Waals surface area contributed by atoms with Crippen molar-refractivity contribution < 1.29 is 32.3 Å². The smallest absolute Gasteiger partial charge is 0.319 e. The summed E-state index contributed by atoms with van der Waals surface area (Å²) < 4.78 is 52.4. The molecule has 1 atom stereocenters. The number of piperidine rings is 3. The molecule has 55 heavy (non-hydrogen) atoms. The predicted octanol–water partition coefficient (Wildman–Crippen LogP) is 5.74. The van der Waals surface area contributed by atoms with Gasteiger partial charge in [-0.05, 0) is 97.0 Å². The number of aryl methyl sites for hydroxylation is 1. The molecule has 3 fully saturated rings. The second-order valence-electron chi connectivity index (χ2n) is 14.8. The number of carbonyl (C=O) groups is 3. The Morgan fingerprint density at radius 3 is 2.35 bits per heavy atom. The monoisotopic (exact) mass is 758 g/mol. The number of carbonyl (C=O) groups excluding carboxylic acids is 3. The van der Waals surface area contributed by atoms with Gasteiger partial charge in [-0.25, -0.2) is 18.0 Å². The Bertz CT molecular complexity index is 2200. The maximum absolute atomic E-state index is 15.8. The molecule has 3 aromatic carbocycles. The minimum absolute atomic E-state index is 0.0100. The van der Waals surface area contributed by atoms with Gasteiger partial charge in [0.25, 0.3) is 5.56 Å². The van der Waals surface area contributed by atoms with E-state index in [2.05, 4.69) is 15.5 Å². The fraction of sp³-hybridized carbons (Fsp3) is 0.415. The maximum atomic E-state index is 15.8. The molecule has 290 valence electrons. The number of halogens is 3. The molecule has 0 bridgehead atoms. The van der Waals surface area contributed by atoms with Crippen molar-refractivity contribution in [2.24, 2.45) is 7.05 Å². The molecule has 14 heteroatoms. The first-order valence-electron chi connectivity index (χ1n) is 18.7. The molecule has 1 aromatic heterocycles. The lowest BCUT2D eigenvalue weighted by Gasteiger charge is -2.40. The van der Waals surface area contributed by atoms with Crippen LogP contribution in [0.2, 0.25) is 0 Å². The minimum Gasteiger partial charge on any atom is -0.496 e. The van der Waals surface area contributed by atoms with Gasteiger partial charge in [0.15, 0.2) is 0 Å². The largest absolute Gasteiger partial charge is 0.496 e. The van der Waals surface area contributed by atoms with Gasteiger partial charge in [0.2, 0.25) is 11.8 Å². The maximum Gasteiger partial charge on any atom is 0.319 e. The molecular formula is C41H45F3N6O5. The number of anilines is 1. The number of aromatic nitrogens is 1. The first-order valence-corrected chi connectivity index (χ1v) is 18.7. The van der Waals surface area contributed by atoms with Gasteiger partial charge >= 0.3 is 6.03 Å². The summed E-state index contributed by atoms with van der Waals surface area (Å²) in [6.07, 6.45) is 4.82. The van der Waals surface area contributed by atoms with Crippen LogP contribution in [0, 0.1) is 17.5 Å². The van der Waals surface area contributed by atoms with Crippen molar-refractivity contribution in [3.8, 4) is 16.9 Å². The van der Waals surface area contributed by atoms with E-state index >= 15 is 8.78 Å². The number of hydrogen-bond acceptors (Lipinski definition) is 7. The molecule has 1 unspecified atom stereocenters. The van der Waals surface area contributed by atoms with Gasteiger partial charge in [-0.1, -0.05) is 6.07 Å². The van der Waals surface area contributed by atoms with Crippen LogP contribution in [0.15, 0.2) is 59.5 Å². The minimum atomic E-state index is -0.595. The number of fused-ring (bicyclic) bond motifs is 1. The molecule has 0 radical (unpaired) electrons. The number of imide groups is 1. The number of likely N-dealkylation sites (tertiary alicyclic amines) is 2. The number of nitrogens with zero attached hydrogens (tertiary/aromatic N) is 4. The molecule has 3 aliphatic heterocycles. The average Bonchev–Trinajstić information content (AvgIpc) is 3.18. The summed E-state index contributed by atoms with van der Waals surface area (Å²) in [6.45, 7) is 2.60. The van der Waals surface area contributed by atoms with E-state index in [0.717, 1.165) is 0 Å². The number of pyridine rings is 1. The lowest BCUT2D eigenvalue weighted by molar-refractivity contribution is -0.133. The molecule has 0 aliphatic carbocycles. The van der Waals surface area contributed by atoms with Crippen LogP contribution in [-0.4, -0.2) is 89.5 Å². The summed E-state index contributed by atoms with van der Waals surface area (Å²) in [5, 5.41) is 6.04. The second kappa shape index (κ2) is 15.8. The van der Waals surface area contributed by atoms with Gasteiger partial charge < -0.3 is 24.4 Å². The normalized spacial score (nSPS) is 18.7. The fourth-order valence-corrected chi connectivity index (χ4v) is 8.20. The zero-order chi connectivity index (χ0) is 39.0. The number of amides is 4. The number of methoxy groups -OCH3 is 1. The average molecular weight is 759 g/mol. The van der Waals surface area contributed by atoms with E-state index < -0.39 is 23.6 Å². The quantitative estimate of drug-likeness (QED) is 0.220. The molecular weight excluding hydrogens is 713 g/mol. The zero-order valence-electron chi connectivity index (χ0n) is 31.2. The highest BCUT2D eigenvalue weighted by Crippen LogP contribution is 2.35. The number of nitrogens with one attached hydrogen (secondary N) is 2. The summed E-state index contributed by atoms with van der Waals surface area (Å²) in [5.41, 5.74) is 2.16. The number of rotatable bonds is 8. The lowest BCUT2D eigenvalue weighted by atomic mass is 9.89. The SMILES string of the molecule is COc1cc(-c2cn(C)c(=O)c3ccc(F)cc23)cc(F)c1CN1CCC(N(C)C(=O)N2CCC(c3ccc(NC4CCC(=O)NC4=O)cc3F)CC2)CC1. The van der Waals surface area contributed by atoms with E-state index in [1.54, 1.807) is 36.3 Å². The molecule has 4 amide bonds. The Labute approximate surface area is 317 Å². The molecule has 3 aliphatic rings. The summed E-state index contributed by atoms with van der Waals surface area (Å²) in [7, 11) is 4.90. The van der Waals surface area contributed by atoms with Gasteiger partial charge in [-0.15, -0.1) is 0 Å². The molecule has 2 N–H and O–H groups in total. The molecule has 11 nitrogen and oxygen atoms in total. The second-order valence-corrected chi connectivity index (χ2v) is 14.8. The predicted molar refractivity (Wildman–Crippen MR) is 202 cm³/mol. The van der Waals surface area contributed by atoms with Crippen molar-refractivity contribution >= 4 is 34.3 Å². The molecule has 4 aromatic rings. The van der Waals surface area contributed by atoms with Crippen molar-refractivity contribution in [3.63, 3.8) is 0 Å². The standard InChI is InChI=1S/C41H45F3N6O5/c1-47-22-32(31-20-26(42)4-6-30(31)40(47)53)25-18-34(43)33(37(19-25)55-3)23-49-14-12-28(13-15-49)48(2)41(54)50-16-10-24(11-17-50)29-7-5-27(21-35(29)44)45-36-8-9-38(51)46-39(36)52/h4-7,18-22,24,28,36,45H,8-17,23H2,1-3H3,(H,46,51,52). The first kappa shape index (κ1) is 37.9. The summed E-state index contributed by atoms with van der Waals surface area (Å²) in [6, 6.07) is 11.3. The Hall–Kier alpha value is -5.37. The highest BCUT2D eigenvalue weighted by molar-refractivity contribution is 6.01. The Kier molecular flexibility index (Phi) is 10.9. The van der Waals surface area contributed by atoms with Crippen LogP contribution in [0.1, 0.15) is 55.6 Å². The van der Waals surface area contributed by atoms with Crippen LogP contribution in [-0.2, 0) is 23.2 Å². The lowest BCUT2D eigenvalue weighted by Crippen LogP contribution is -2.51. The summed E-state index contributed by atoms with van der Waals surface area (Å²) in [4.78, 5) is 55.6. The Morgan fingerprint density at radius 2 is 1.65 bits per heavy atom. The van der Waals surface area contributed by atoms with Crippen molar-refractivity contribution in [1.29, 1.82) is 0 Å². The van der Waals surface area contributed by atoms with Crippen LogP contribution in [0.3, 0.4) is 0 Å². The van der Waals surface area contributed by atoms with Crippen LogP contribution < -0.4 is 20.9 Å². The number of ether oxygens (including phenoxy) is 1. The van der Waals surface area contributed by atoms with Gasteiger partial charge in [0.05, 0.1) is 7.11 Å². The first-order chi connectivity index (χ1) is 26.4. The van der Waals surface area contributed by atoms with Gasteiger partial charge in [0, 0.05) is 87.7 Å². The van der Waals surface area contributed by atoms with E-state index in [1.807, 2.05) is 11.9 Å². The summed E-state index contributed by atoms with van der Waals surface area (Å²) >= 11 is 0. The Balaban J connectivity index is 0.929. The third-order valence-electron chi connectivity index (χ3n) is 11.4. The molecule has 7 rings (SSSR count). The van der Waals surface area contributed by atoms with Crippen molar-refractivity contribution in [1.82, 2.24) is 24.6 Å². The molecule has 0 spiro atoms. The van der Waals surface area contributed by atoms with Crippen LogP contribution in [0.5, 0.6) is 5.75 Å². The molecule has 0 saturated carbocycles. The van der Waals surface area contributed by atoms with Crippen LogP contribution >= 0.6 is 0 Å². The number of benzene rings is 3. The van der Waals surface area contributed by atoms with E-state index in [9.17, 15) is 23.6 Å². The molecule has 4 heterocycles.